The van der Waals surface area contributed by atoms with Gasteiger partial charge in [0.25, 0.3) is 0 Å². The van der Waals surface area contributed by atoms with Crippen LogP contribution in [-0.4, -0.2) is 53.0 Å². The van der Waals surface area contributed by atoms with Crippen molar-refractivity contribution in [3.8, 4) is 22.6 Å². The molecule has 188 valence electrons. The molecule has 0 amide bonds. The monoisotopic (exact) mass is 508 g/mol. The lowest BCUT2D eigenvalue weighted by molar-refractivity contribution is 0.401. The normalized spacial score (nSPS) is 14.1. The van der Waals surface area contributed by atoms with E-state index in [9.17, 15) is 12.8 Å². The van der Waals surface area contributed by atoms with Crippen LogP contribution in [-0.2, 0) is 23.0 Å². The highest BCUT2D eigenvalue weighted by Gasteiger charge is 2.24. The van der Waals surface area contributed by atoms with Gasteiger partial charge in [-0.2, -0.15) is 0 Å². The maximum Gasteiger partial charge on any atom is 0.229 e. The molecule has 5 rings (SSSR count). The van der Waals surface area contributed by atoms with Crippen LogP contribution < -0.4 is 4.72 Å². The number of hydrogen-bond acceptors (Lipinski definition) is 6. The Morgan fingerprint density at radius 1 is 1.17 bits per heavy atom. The summed E-state index contributed by atoms with van der Waals surface area (Å²) in [6.07, 6.45) is 8.04. The predicted octanol–water partition coefficient (Wildman–Crippen LogP) is 4.29. The molecule has 3 heterocycles. The smallest absolute Gasteiger partial charge is 0.229 e. The van der Waals surface area contributed by atoms with Crippen LogP contribution in [0, 0.1) is 18.7 Å². The molecule has 0 unspecified atom stereocenters. The molecule has 0 bridgehead atoms. The lowest BCUT2D eigenvalue weighted by Crippen LogP contribution is -2.12. The highest BCUT2D eigenvalue weighted by molar-refractivity contribution is 7.92. The number of fused-ring (bicyclic) bond motifs is 1. The highest BCUT2D eigenvalue weighted by Crippen LogP contribution is 2.36. The van der Waals surface area contributed by atoms with Gasteiger partial charge in [-0.1, -0.05) is 0 Å². The third-order valence-corrected chi connectivity index (χ3v) is 6.80. The molecular weight excluding hydrogens is 479 g/mol. The van der Waals surface area contributed by atoms with E-state index in [1.807, 2.05) is 36.8 Å². The Labute approximate surface area is 210 Å². The predicted molar refractivity (Wildman–Crippen MR) is 139 cm³/mol. The number of anilines is 1. The average Bonchev–Trinajstić information content (AvgIpc) is 3.53. The van der Waals surface area contributed by atoms with E-state index in [1.54, 1.807) is 12.3 Å². The van der Waals surface area contributed by atoms with Crippen LogP contribution >= 0.6 is 0 Å². The van der Waals surface area contributed by atoms with Crippen molar-refractivity contribution in [1.29, 1.82) is 0 Å². The van der Waals surface area contributed by atoms with Gasteiger partial charge in [-0.3, -0.25) is 9.12 Å². The Balaban J connectivity index is 1.72. The van der Waals surface area contributed by atoms with Crippen molar-refractivity contribution >= 4 is 21.4 Å². The molecule has 0 aliphatic heterocycles. The first-order valence-electron chi connectivity index (χ1n) is 11.8. The van der Waals surface area contributed by atoms with Crippen molar-refractivity contribution in [2.24, 2.45) is 5.92 Å². The fourth-order valence-corrected chi connectivity index (χ4v) is 4.90. The topological polar surface area (TPSA) is 92.5 Å². The molecule has 1 N–H and O–H groups in total. The molecule has 36 heavy (non-hydrogen) atoms. The van der Waals surface area contributed by atoms with E-state index in [0.717, 1.165) is 47.5 Å². The van der Waals surface area contributed by atoms with Gasteiger partial charge in [-0.15, -0.1) is 0 Å². The number of imidazole rings is 1. The van der Waals surface area contributed by atoms with Crippen molar-refractivity contribution in [2.45, 2.75) is 32.7 Å². The fraction of sp³-hybridized carbons (Fsp3) is 0.346. The van der Waals surface area contributed by atoms with Crippen LogP contribution in [0.25, 0.3) is 28.3 Å². The second-order valence-electron chi connectivity index (χ2n) is 9.83. The zero-order chi connectivity index (χ0) is 25.6. The van der Waals surface area contributed by atoms with E-state index >= 15 is 0 Å². The summed E-state index contributed by atoms with van der Waals surface area (Å²) in [4.78, 5) is 16.4. The van der Waals surface area contributed by atoms with Crippen LogP contribution in [0.2, 0.25) is 0 Å². The van der Waals surface area contributed by atoms with E-state index in [0.29, 0.717) is 22.9 Å². The van der Waals surface area contributed by atoms with Gasteiger partial charge in [-0.05, 0) is 81.2 Å². The van der Waals surface area contributed by atoms with Gasteiger partial charge in [0.15, 0.2) is 0 Å². The summed E-state index contributed by atoms with van der Waals surface area (Å²) in [6, 6.07) is 8.23. The number of halogens is 1. The van der Waals surface area contributed by atoms with E-state index in [1.165, 1.54) is 25.0 Å². The summed E-state index contributed by atoms with van der Waals surface area (Å²) in [5.41, 5.74) is 5.48. The van der Waals surface area contributed by atoms with Gasteiger partial charge >= 0.3 is 0 Å². The standard InChI is InChI=1S/C26H29FN6O2S/c1-16-14-33-24(13-19(16)15-32(2)3)30-25(18-7-8-20(27)22(12-18)31-36(4,34)35)26(33)21-9-10-28-23(29-21)11-17-5-6-17/h7-10,12-14,17,31H,5-6,11,15H2,1-4H3. The molecule has 1 aliphatic carbocycles. The molecular formula is C26H29FN6O2S. The first-order chi connectivity index (χ1) is 17.1. The Kier molecular flexibility index (Phi) is 6.25. The van der Waals surface area contributed by atoms with Crippen LogP contribution in [0.5, 0.6) is 0 Å². The summed E-state index contributed by atoms with van der Waals surface area (Å²) in [6.45, 7) is 2.82. The van der Waals surface area contributed by atoms with Crippen molar-refractivity contribution in [3.05, 3.63) is 65.5 Å². The van der Waals surface area contributed by atoms with E-state index in [2.05, 4.69) is 21.5 Å². The quantitative estimate of drug-likeness (QED) is 0.382. The Hall–Kier alpha value is -3.37. The summed E-state index contributed by atoms with van der Waals surface area (Å²) in [5, 5.41) is 0. The minimum atomic E-state index is -3.66. The van der Waals surface area contributed by atoms with Crippen molar-refractivity contribution in [2.75, 3.05) is 25.1 Å². The zero-order valence-corrected chi connectivity index (χ0v) is 21.6. The van der Waals surface area contributed by atoms with E-state index < -0.39 is 15.8 Å². The summed E-state index contributed by atoms with van der Waals surface area (Å²) in [5.74, 6) is 0.766. The van der Waals surface area contributed by atoms with Gasteiger partial charge in [0, 0.05) is 30.9 Å². The van der Waals surface area contributed by atoms with Crippen molar-refractivity contribution < 1.29 is 12.8 Å². The zero-order valence-electron chi connectivity index (χ0n) is 20.8. The largest absolute Gasteiger partial charge is 0.305 e. The molecule has 4 aromatic rings. The summed E-state index contributed by atoms with van der Waals surface area (Å²) >= 11 is 0. The van der Waals surface area contributed by atoms with Crippen molar-refractivity contribution in [3.63, 3.8) is 0 Å². The number of sulfonamides is 1. The van der Waals surface area contributed by atoms with Crippen LogP contribution in [0.4, 0.5) is 10.1 Å². The number of aryl methyl sites for hydroxylation is 1. The number of hydrogen-bond donors (Lipinski definition) is 1. The SMILES string of the molecule is Cc1cn2c(-c3ccnc(CC4CC4)n3)c(-c3ccc(F)c(NS(C)(=O)=O)c3)nc2cc1CN(C)C. The number of rotatable bonds is 8. The lowest BCUT2D eigenvalue weighted by atomic mass is 10.1. The molecule has 1 fully saturated rings. The number of nitrogens with zero attached hydrogens (tertiary/aromatic N) is 5. The fourth-order valence-electron chi connectivity index (χ4n) is 4.35. The van der Waals surface area contributed by atoms with Crippen molar-refractivity contribution in [1.82, 2.24) is 24.3 Å². The van der Waals surface area contributed by atoms with E-state index in [-0.39, 0.29) is 5.69 Å². The Bertz CT molecular complexity index is 1560. The maximum absolute atomic E-state index is 14.5. The number of aromatic nitrogens is 4. The second-order valence-corrected chi connectivity index (χ2v) is 11.6. The minimum absolute atomic E-state index is 0.125. The molecule has 1 aliphatic rings. The number of nitrogens with one attached hydrogen (secondary N) is 1. The molecule has 3 aromatic heterocycles. The minimum Gasteiger partial charge on any atom is -0.305 e. The first kappa shape index (κ1) is 24.3. The van der Waals surface area contributed by atoms with Crippen LogP contribution in [0.1, 0.15) is 29.8 Å². The lowest BCUT2D eigenvalue weighted by Gasteiger charge is -2.13. The van der Waals surface area contributed by atoms with Crippen LogP contribution in [0.15, 0.2) is 42.7 Å². The molecule has 0 radical (unpaired) electrons. The first-order valence-corrected chi connectivity index (χ1v) is 13.7. The highest BCUT2D eigenvalue weighted by atomic mass is 32.2. The average molecular weight is 509 g/mol. The summed E-state index contributed by atoms with van der Waals surface area (Å²) in [7, 11) is 0.374. The third-order valence-electron chi connectivity index (χ3n) is 6.21. The molecule has 0 atom stereocenters. The number of pyridine rings is 1. The van der Waals surface area contributed by atoms with Gasteiger partial charge in [0.2, 0.25) is 10.0 Å². The van der Waals surface area contributed by atoms with Crippen LogP contribution in [0.3, 0.4) is 0 Å². The molecule has 0 saturated heterocycles. The molecule has 8 nitrogen and oxygen atoms in total. The van der Waals surface area contributed by atoms with Gasteiger partial charge in [0.1, 0.15) is 17.3 Å². The van der Waals surface area contributed by atoms with Gasteiger partial charge in [0.05, 0.1) is 29.0 Å². The molecule has 1 saturated carbocycles. The second kappa shape index (κ2) is 9.25. The third kappa shape index (κ3) is 5.24. The maximum atomic E-state index is 14.5. The Morgan fingerprint density at radius 2 is 1.94 bits per heavy atom. The Morgan fingerprint density at radius 3 is 2.64 bits per heavy atom. The molecule has 0 spiro atoms. The summed E-state index contributed by atoms with van der Waals surface area (Å²) < 4.78 is 42.3. The van der Waals surface area contributed by atoms with Gasteiger partial charge < -0.3 is 4.90 Å². The molecule has 10 heteroatoms. The molecule has 1 aromatic carbocycles. The van der Waals surface area contributed by atoms with E-state index in [4.69, 9.17) is 9.97 Å². The van der Waals surface area contributed by atoms with Gasteiger partial charge in [-0.25, -0.2) is 27.8 Å². The number of benzene rings is 1.